The second-order valence-corrected chi connectivity index (χ2v) is 35.7. The Morgan fingerprint density at radius 1 is 0.168 bits per heavy atom. The third kappa shape index (κ3) is 145. The average Bonchev–Trinajstić information content (AvgIpc) is 1.09. The van der Waals surface area contributed by atoms with Crippen molar-refractivity contribution in [3.63, 3.8) is 0 Å². The zero-order chi connectivity index (χ0) is 79.1. The van der Waals surface area contributed by atoms with Gasteiger partial charge in [-0.2, -0.15) is 0 Å². The van der Waals surface area contributed by atoms with Crippen LogP contribution in [-0.2, 0) is 45.4 Å². The average molecular weight is 1690 g/mol. The summed E-state index contributed by atoms with van der Waals surface area (Å²) in [5.41, 5.74) is 0. The molecule has 0 amide bonds. The molecule has 0 fully saturated rings. The van der Waals surface area contributed by atoms with Crippen LogP contribution in [0.15, 0.2) is 0 Å². The molecule has 20 nitrogen and oxygen atoms in total. The fourth-order valence-electron chi connectivity index (χ4n) is 12.4. The molecule has 0 unspecified atom stereocenters. The summed E-state index contributed by atoms with van der Waals surface area (Å²) >= 11 is 0. The number of phosphoric ester groups is 5. The maximum atomic E-state index is 10.4. The van der Waals surface area contributed by atoms with Crippen molar-refractivity contribution in [1.29, 1.82) is 0 Å². The predicted molar refractivity (Wildman–Crippen MR) is 437 cm³/mol. The van der Waals surface area contributed by atoms with Gasteiger partial charge >= 0.3 is 134 Å². The van der Waals surface area contributed by atoms with Crippen molar-refractivity contribution >= 4 is 39.1 Å². The summed E-state index contributed by atoms with van der Waals surface area (Å²) in [7, 11) is -21.8. The summed E-state index contributed by atoms with van der Waals surface area (Å²) in [5.74, 6) is 0. The van der Waals surface area contributed by atoms with Crippen LogP contribution in [0.1, 0.15) is 484 Å². The van der Waals surface area contributed by atoms with Gasteiger partial charge in [-0.15, -0.1) is 0 Å². The first-order chi connectivity index (χ1) is 50.3. The Labute approximate surface area is 745 Å². The van der Waals surface area contributed by atoms with Crippen LogP contribution in [0.5, 0.6) is 0 Å². The first-order valence-corrected chi connectivity index (χ1v) is 51.4. The normalized spacial score (nSPS) is 11.7. The van der Waals surface area contributed by atoms with Gasteiger partial charge in [-0.3, -0.25) is 18.1 Å². The third-order valence-electron chi connectivity index (χ3n) is 18.8. The molecule has 0 aliphatic heterocycles. The van der Waals surface area contributed by atoms with Gasteiger partial charge in [0.2, 0.25) is 0 Å². The second-order valence-electron chi connectivity index (χ2n) is 29.6. The van der Waals surface area contributed by atoms with Crippen molar-refractivity contribution < 1.29 is 197 Å². The van der Waals surface area contributed by atoms with Crippen LogP contribution in [0.2, 0.25) is 0 Å². The molecule has 8 N–H and O–H groups in total. The Hall–Kier alpha value is 3.82. The summed E-state index contributed by atoms with van der Waals surface area (Å²) in [4.78, 5) is 88.5. The van der Waals surface area contributed by atoms with Crippen LogP contribution in [0.25, 0.3) is 0 Å². The summed E-state index contributed by atoms with van der Waals surface area (Å²) in [6, 6.07) is 0. The van der Waals surface area contributed by atoms with E-state index in [1.165, 1.54) is 353 Å². The van der Waals surface area contributed by atoms with E-state index in [4.69, 9.17) is 39.1 Å². The van der Waals surface area contributed by atoms with E-state index >= 15 is 0 Å². The molecule has 0 spiro atoms. The van der Waals surface area contributed by atoms with Crippen molar-refractivity contribution in [2.75, 3.05) is 33.0 Å². The van der Waals surface area contributed by atoms with Gasteiger partial charge in [-0.1, -0.05) is 452 Å². The monoisotopic (exact) mass is 1690 g/mol. The number of hydrogen-bond donors (Lipinski definition) is 8. The predicted octanol–water partition coefficient (Wildman–Crippen LogP) is 20.6. The van der Waals surface area contributed by atoms with Crippen molar-refractivity contribution in [2.24, 2.45) is 0 Å². The largest absolute Gasteiger partial charge is 1.00 e. The second kappa shape index (κ2) is 100. The van der Waals surface area contributed by atoms with Gasteiger partial charge in [0, 0.05) is 0 Å². The number of hydrogen-bond acceptors (Lipinski definition) is 12. The zero-order valence-corrected chi connectivity index (χ0v) is 81.5. The summed E-state index contributed by atoms with van der Waals surface area (Å²) < 4.78 is 73.8. The van der Waals surface area contributed by atoms with Crippen LogP contribution in [0.3, 0.4) is 0 Å². The summed E-state index contributed by atoms with van der Waals surface area (Å²) in [5, 5.41) is 0. The molecule has 0 rings (SSSR count). The molecule has 0 aliphatic carbocycles. The topological polar surface area (TPSA) is 339 Å². The third-order valence-corrected chi connectivity index (χ3v) is 21.4. The van der Waals surface area contributed by atoms with Gasteiger partial charge < -0.3 is 58.0 Å². The first-order valence-electron chi connectivity index (χ1n) is 43.8. The van der Waals surface area contributed by atoms with Crippen LogP contribution in [-0.4, -0.2) is 72.2 Å². The molecule has 27 heteroatoms. The van der Waals surface area contributed by atoms with Gasteiger partial charge in [-0.25, -0.2) is 18.3 Å². The van der Waals surface area contributed by atoms with E-state index in [-0.39, 0.29) is 136 Å². The van der Waals surface area contributed by atoms with Gasteiger partial charge in [0.15, 0.2) is 0 Å². The Bertz CT molecular complexity index is 1580. The fraction of sp³-hybridized carbons (Fsp3) is 1.00. The van der Waals surface area contributed by atoms with Crippen molar-refractivity contribution in [1.82, 2.24) is 0 Å². The summed E-state index contributed by atoms with van der Waals surface area (Å²) in [6.07, 6.45) is 88.5. The van der Waals surface area contributed by atoms with E-state index in [1.54, 1.807) is 0 Å². The zero-order valence-electron chi connectivity index (χ0n) is 70.7. The molecule has 0 aliphatic rings. The molecule has 0 aromatic heterocycles. The standard InChI is InChI=1S/5C16H35O4P.2K/c5*1-2-3-4-5-6-7-8-9-10-11-12-13-14-15-16-20-21(17,18)19;;/h5*2-16H2,1H3,(H2,17,18,19);;/q;;;;;2*+1/p-2. The first kappa shape index (κ1) is 124. The Kier molecular flexibility index (Phi) is 116. The molecule has 0 saturated heterocycles. The Morgan fingerprint density at radius 3 is 0.336 bits per heavy atom. The minimum atomic E-state index is -4.75. The quantitative estimate of drug-likeness (QED) is 0.0159. The number of unbranched alkanes of at least 4 members (excludes halogenated alkanes) is 65. The molecular weight excluding hydrogens is 1510 g/mol. The molecule has 0 radical (unpaired) electrons. The van der Waals surface area contributed by atoms with Crippen LogP contribution >= 0.6 is 39.1 Å². The van der Waals surface area contributed by atoms with E-state index in [0.717, 1.165) is 89.9 Å². The maximum Gasteiger partial charge on any atom is 1.00 e. The molecule has 0 aromatic rings. The molecule has 0 saturated carbocycles. The maximum absolute atomic E-state index is 10.4. The van der Waals surface area contributed by atoms with E-state index in [0.29, 0.717) is 6.42 Å². The Morgan fingerprint density at radius 2 is 0.252 bits per heavy atom. The molecule has 0 aromatic carbocycles. The van der Waals surface area contributed by atoms with E-state index in [2.05, 4.69) is 57.2 Å². The molecule has 640 valence electrons. The van der Waals surface area contributed by atoms with Gasteiger partial charge in [0.1, 0.15) is 0 Å². The van der Waals surface area contributed by atoms with E-state index in [9.17, 15) is 32.6 Å². The molecule has 107 heavy (non-hydrogen) atoms. The molecule has 0 heterocycles. The van der Waals surface area contributed by atoms with Gasteiger partial charge in [0.25, 0.3) is 0 Å². The minimum absolute atomic E-state index is 0. The van der Waals surface area contributed by atoms with E-state index < -0.39 is 39.1 Å². The van der Waals surface area contributed by atoms with Crippen LogP contribution in [0, 0.1) is 0 Å². The number of phosphoric acid groups is 5. The number of rotatable bonds is 80. The van der Waals surface area contributed by atoms with Crippen LogP contribution in [0.4, 0.5) is 0 Å². The fourth-order valence-corrected chi connectivity index (χ4v) is 14.2. The van der Waals surface area contributed by atoms with Crippen LogP contribution < -0.4 is 113 Å². The SMILES string of the molecule is CCCCCCCCCCCCCCCCOP(=O)(O)O.CCCCCCCCCCCCCCCCOP(=O)(O)O.CCCCCCCCCCCCCCCCOP(=O)(O)O.CCCCCCCCCCCCCCCCOP(=O)(O)O.CCCCCCCCCCCCCCCCOP(=O)([O-])[O-].[K+].[K+]. The molecular formula is C80H173K2O20P5. The van der Waals surface area contributed by atoms with Crippen molar-refractivity contribution in [2.45, 2.75) is 484 Å². The Balaban J connectivity index is -0.000000233. The van der Waals surface area contributed by atoms with E-state index in [1.807, 2.05) is 0 Å². The van der Waals surface area contributed by atoms with Gasteiger partial charge in [-0.05, 0) is 32.1 Å². The van der Waals surface area contributed by atoms with Gasteiger partial charge in [0.05, 0.1) is 40.9 Å². The smallest absolute Gasteiger partial charge is 0.790 e. The molecule has 0 atom stereocenters. The summed E-state index contributed by atoms with van der Waals surface area (Å²) in [6.45, 7) is 12.0. The minimum Gasteiger partial charge on any atom is -0.790 e. The molecule has 0 bridgehead atoms. The van der Waals surface area contributed by atoms with Crippen molar-refractivity contribution in [3.8, 4) is 0 Å². The van der Waals surface area contributed by atoms with Crippen molar-refractivity contribution in [3.05, 3.63) is 0 Å².